The summed E-state index contributed by atoms with van der Waals surface area (Å²) in [6.07, 6.45) is 6.21. The van der Waals surface area contributed by atoms with Crippen LogP contribution in [-0.2, 0) is 11.3 Å². The summed E-state index contributed by atoms with van der Waals surface area (Å²) in [5.74, 6) is 1.18. The van der Waals surface area contributed by atoms with Crippen LogP contribution in [0.2, 0.25) is 0 Å². The van der Waals surface area contributed by atoms with E-state index in [1.807, 2.05) is 40.1 Å². The molecule has 0 radical (unpaired) electrons. The van der Waals surface area contributed by atoms with Gasteiger partial charge in [-0.15, -0.1) is 0 Å². The van der Waals surface area contributed by atoms with Crippen LogP contribution < -0.4 is 0 Å². The van der Waals surface area contributed by atoms with E-state index in [1.165, 1.54) is 24.6 Å². The van der Waals surface area contributed by atoms with E-state index >= 15 is 0 Å². The molecule has 1 atom stereocenters. The number of likely N-dealkylation sites (tertiary alicyclic amines) is 1. The number of hydrogen-bond acceptors (Lipinski definition) is 4. The van der Waals surface area contributed by atoms with Gasteiger partial charge in [-0.25, -0.2) is 4.98 Å². The zero-order valence-electron chi connectivity index (χ0n) is 17.5. The van der Waals surface area contributed by atoms with Gasteiger partial charge in [0.25, 0.3) is 5.91 Å². The Morgan fingerprint density at radius 1 is 1.13 bits per heavy atom. The summed E-state index contributed by atoms with van der Waals surface area (Å²) >= 11 is 1.44. The van der Waals surface area contributed by atoms with Crippen molar-refractivity contribution < 1.29 is 9.59 Å². The Kier molecular flexibility index (Phi) is 6.72. The van der Waals surface area contributed by atoms with E-state index < -0.39 is 0 Å². The van der Waals surface area contributed by atoms with Crippen LogP contribution >= 0.6 is 11.8 Å². The molecule has 1 aliphatic heterocycles. The monoisotopic (exact) mass is 423 g/mol. The number of carbonyl (C=O) groups excluding carboxylic acids is 2. The number of hydrogen-bond donors (Lipinski definition) is 0. The molecule has 0 spiro atoms. The highest BCUT2D eigenvalue weighted by Gasteiger charge is 2.34. The summed E-state index contributed by atoms with van der Waals surface area (Å²) in [6, 6.07) is 14.1. The lowest BCUT2D eigenvalue weighted by atomic mass is 10.1. The topological polar surface area (TPSA) is 53.5 Å². The van der Waals surface area contributed by atoms with Crippen molar-refractivity contribution in [2.75, 3.05) is 18.8 Å². The first kappa shape index (κ1) is 20.9. The smallest absolute Gasteiger partial charge is 0.255 e. The molecule has 5 nitrogen and oxygen atoms in total. The molecular weight excluding hydrogens is 394 g/mol. The quantitative estimate of drug-likeness (QED) is 0.596. The van der Waals surface area contributed by atoms with Gasteiger partial charge in [0, 0.05) is 31.9 Å². The summed E-state index contributed by atoms with van der Waals surface area (Å²) in [4.78, 5) is 33.8. The van der Waals surface area contributed by atoms with Gasteiger partial charge in [-0.2, -0.15) is 0 Å². The third-order valence-electron chi connectivity index (χ3n) is 6.03. The number of carbonyl (C=O) groups is 2. The molecule has 0 unspecified atom stereocenters. The van der Waals surface area contributed by atoms with Crippen molar-refractivity contribution in [3.05, 3.63) is 59.8 Å². The number of thioether (sulfide) groups is 1. The van der Waals surface area contributed by atoms with Crippen LogP contribution in [-0.4, -0.2) is 51.5 Å². The van der Waals surface area contributed by atoms with Gasteiger partial charge in [0.15, 0.2) is 0 Å². The van der Waals surface area contributed by atoms with Gasteiger partial charge in [-0.3, -0.25) is 9.59 Å². The number of benzene rings is 1. The van der Waals surface area contributed by atoms with Crippen molar-refractivity contribution in [3.63, 3.8) is 0 Å². The average Bonchev–Trinajstić information content (AvgIpc) is 3.50. The van der Waals surface area contributed by atoms with Crippen molar-refractivity contribution in [2.45, 2.75) is 50.2 Å². The minimum atomic E-state index is 0.0555. The van der Waals surface area contributed by atoms with E-state index in [0.29, 0.717) is 23.8 Å². The number of pyridine rings is 1. The molecule has 158 valence electrons. The van der Waals surface area contributed by atoms with Crippen LogP contribution in [0.5, 0.6) is 0 Å². The molecule has 1 aliphatic carbocycles. The molecule has 2 heterocycles. The summed E-state index contributed by atoms with van der Waals surface area (Å²) in [6.45, 7) is 4.48. The van der Waals surface area contributed by atoms with Gasteiger partial charge in [-0.05, 0) is 56.2 Å². The lowest BCUT2D eigenvalue weighted by molar-refractivity contribution is -0.131. The molecule has 1 aromatic carbocycles. The van der Waals surface area contributed by atoms with E-state index in [4.69, 9.17) is 0 Å². The molecule has 6 heteroatoms. The molecule has 2 fully saturated rings. The van der Waals surface area contributed by atoms with Crippen LogP contribution in [0.15, 0.2) is 53.7 Å². The minimum absolute atomic E-state index is 0.0555. The molecule has 0 bridgehead atoms. The molecule has 2 aromatic rings. The van der Waals surface area contributed by atoms with Crippen molar-refractivity contribution in [3.8, 4) is 0 Å². The van der Waals surface area contributed by atoms with Crippen molar-refractivity contribution >= 4 is 23.6 Å². The van der Waals surface area contributed by atoms with Crippen LogP contribution in [0.1, 0.15) is 48.5 Å². The molecule has 1 saturated carbocycles. The Balaban J connectivity index is 1.36. The Labute approximate surface area is 182 Å². The van der Waals surface area contributed by atoms with Gasteiger partial charge in [0.05, 0.1) is 16.3 Å². The van der Waals surface area contributed by atoms with Gasteiger partial charge in [-0.1, -0.05) is 42.1 Å². The van der Waals surface area contributed by atoms with E-state index in [2.05, 4.69) is 24.0 Å². The molecule has 4 rings (SSSR count). The van der Waals surface area contributed by atoms with E-state index in [1.54, 1.807) is 6.20 Å². The Morgan fingerprint density at radius 2 is 1.87 bits per heavy atom. The van der Waals surface area contributed by atoms with Crippen molar-refractivity contribution in [1.29, 1.82) is 0 Å². The molecule has 30 heavy (non-hydrogen) atoms. The standard InChI is InChI=1S/C24H29N3O2S/c1-18(20-9-10-20)27(16-19-7-3-2-4-8-19)23(28)17-30-22-12-11-21(15-25-22)24(29)26-13-5-6-14-26/h2-4,7-8,11-12,15,18,20H,5-6,9-10,13-14,16-17H2,1H3/t18-/m0/s1. The number of amides is 2. The van der Waals surface area contributed by atoms with Crippen molar-refractivity contribution in [2.24, 2.45) is 5.92 Å². The maximum atomic E-state index is 13.1. The summed E-state index contributed by atoms with van der Waals surface area (Å²) in [5, 5.41) is 0.778. The second-order valence-corrected chi connectivity index (χ2v) is 9.25. The zero-order valence-corrected chi connectivity index (χ0v) is 18.3. The van der Waals surface area contributed by atoms with Crippen LogP contribution in [0.4, 0.5) is 0 Å². The van der Waals surface area contributed by atoms with Gasteiger partial charge >= 0.3 is 0 Å². The molecule has 1 saturated heterocycles. The van der Waals surface area contributed by atoms with E-state index in [9.17, 15) is 9.59 Å². The normalized spacial score (nSPS) is 17.0. The van der Waals surface area contributed by atoms with Gasteiger partial charge in [0.1, 0.15) is 0 Å². The summed E-state index contributed by atoms with van der Waals surface area (Å²) < 4.78 is 0. The highest BCUT2D eigenvalue weighted by Crippen LogP contribution is 2.36. The third kappa shape index (κ3) is 5.22. The molecule has 0 N–H and O–H groups in total. The molecule has 2 amide bonds. The Morgan fingerprint density at radius 3 is 2.50 bits per heavy atom. The first-order chi connectivity index (χ1) is 14.6. The zero-order chi connectivity index (χ0) is 20.9. The van der Waals surface area contributed by atoms with Crippen LogP contribution in [0.3, 0.4) is 0 Å². The number of nitrogens with zero attached hydrogens (tertiary/aromatic N) is 3. The fraction of sp³-hybridized carbons (Fsp3) is 0.458. The number of aromatic nitrogens is 1. The lowest BCUT2D eigenvalue weighted by Gasteiger charge is -2.29. The maximum Gasteiger partial charge on any atom is 0.255 e. The van der Waals surface area contributed by atoms with Gasteiger partial charge < -0.3 is 9.80 Å². The van der Waals surface area contributed by atoms with Gasteiger partial charge in [0.2, 0.25) is 5.91 Å². The molecular formula is C24H29N3O2S. The fourth-order valence-corrected chi connectivity index (χ4v) is 4.71. The van der Waals surface area contributed by atoms with E-state index in [-0.39, 0.29) is 17.9 Å². The third-order valence-corrected chi connectivity index (χ3v) is 6.96. The second kappa shape index (κ2) is 9.65. The second-order valence-electron chi connectivity index (χ2n) is 8.26. The molecule has 2 aliphatic rings. The predicted molar refractivity (Wildman–Crippen MR) is 119 cm³/mol. The van der Waals surface area contributed by atoms with Crippen LogP contribution in [0, 0.1) is 5.92 Å². The SMILES string of the molecule is C[C@@H](C1CC1)N(Cc1ccccc1)C(=O)CSc1ccc(C(=O)N2CCCC2)cn1. The Hall–Kier alpha value is -2.34. The first-order valence-corrected chi connectivity index (χ1v) is 11.8. The average molecular weight is 424 g/mol. The lowest BCUT2D eigenvalue weighted by Crippen LogP contribution is -2.40. The minimum Gasteiger partial charge on any atom is -0.339 e. The highest BCUT2D eigenvalue weighted by molar-refractivity contribution is 7.99. The predicted octanol–water partition coefficient (Wildman–Crippen LogP) is 4.24. The summed E-state index contributed by atoms with van der Waals surface area (Å²) in [5.41, 5.74) is 1.78. The summed E-state index contributed by atoms with van der Waals surface area (Å²) in [7, 11) is 0. The Bertz CT molecular complexity index is 862. The fourth-order valence-electron chi connectivity index (χ4n) is 3.99. The van der Waals surface area contributed by atoms with Crippen molar-refractivity contribution in [1.82, 2.24) is 14.8 Å². The first-order valence-electron chi connectivity index (χ1n) is 10.8. The van der Waals surface area contributed by atoms with Crippen LogP contribution in [0.25, 0.3) is 0 Å². The van der Waals surface area contributed by atoms with E-state index in [0.717, 1.165) is 36.5 Å². The number of rotatable bonds is 8. The molecule has 1 aromatic heterocycles. The largest absolute Gasteiger partial charge is 0.339 e. The maximum absolute atomic E-state index is 13.1. The highest BCUT2D eigenvalue weighted by atomic mass is 32.2.